The number of nitrogens with zero attached hydrogens (tertiary/aromatic N) is 3. The zero-order chi connectivity index (χ0) is 14.7. The quantitative estimate of drug-likeness (QED) is 0.778. The van der Waals surface area contributed by atoms with Crippen molar-refractivity contribution >= 4 is 11.6 Å². The maximum Gasteiger partial charge on any atom is 0.148 e. The maximum atomic E-state index is 6.01. The van der Waals surface area contributed by atoms with E-state index >= 15 is 0 Å². The van der Waals surface area contributed by atoms with Crippen LogP contribution in [0.5, 0.6) is 0 Å². The van der Waals surface area contributed by atoms with Gasteiger partial charge in [-0.25, -0.2) is 0 Å². The average molecular weight is 312 g/mol. The fourth-order valence-corrected chi connectivity index (χ4v) is 4.48. The molecular formula is C16H26ClN3O. The molecule has 0 amide bonds. The number of alkyl halides is 1. The van der Waals surface area contributed by atoms with Crippen molar-refractivity contribution in [2.75, 3.05) is 13.7 Å². The first-order valence-electron chi connectivity index (χ1n) is 8.30. The largest absolute Gasteiger partial charge is 0.383 e. The second-order valence-corrected chi connectivity index (χ2v) is 6.83. The highest BCUT2D eigenvalue weighted by atomic mass is 35.5. The summed E-state index contributed by atoms with van der Waals surface area (Å²) in [6.07, 6.45) is 9.62. The van der Waals surface area contributed by atoms with Crippen molar-refractivity contribution in [2.45, 2.75) is 63.3 Å². The van der Waals surface area contributed by atoms with Crippen molar-refractivity contribution < 1.29 is 4.74 Å². The number of aromatic nitrogens is 3. The highest BCUT2D eigenvalue weighted by Gasteiger charge is 2.34. The Morgan fingerprint density at radius 3 is 2.71 bits per heavy atom. The number of halogens is 1. The van der Waals surface area contributed by atoms with E-state index in [0.29, 0.717) is 18.4 Å². The summed E-state index contributed by atoms with van der Waals surface area (Å²) in [5.41, 5.74) is 0. The zero-order valence-corrected chi connectivity index (χ0v) is 13.7. The molecule has 3 atom stereocenters. The molecule has 0 spiro atoms. The van der Waals surface area contributed by atoms with Crippen LogP contribution in [-0.4, -0.2) is 28.5 Å². The van der Waals surface area contributed by atoms with Gasteiger partial charge in [0.2, 0.25) is 0 Å². The molecule has 1 aromatic heterocycles. The highest BCUT2D eigenvalue weighted by molar-refractivity contribution is 6.16. The van der Waals surface area contributed by atoms with Gasteiger partial charge in [0.25, 0.3) is 0 Å². The van der Waals surface area contributed by atoms with Crippen LogP contribution in [0.15, 0.2) is 0 Å². The molecule has 118 valence electrons. The third kappa shape index (κ3) is 3.26. The van der Waals surface area contributed by atoms with Crippen LogP contribution in [-0.2, 0) is 17.2 Å². The van der Waals surface area contributed by atoms with Gasteiger partial charge in [-0.3, -0.25) is 0 Å². The molecule has 0 bridgehead atoms. The summed E-state index contributed by atoms with van der Waals surface area (Å²) in [4.78, 5) is 0. The van der Waals surface area contributed by atoms with Gasteiger partial charge < -0.3 is 9.30 Å². The van der Waals surface area contributed by atoms with E-state index < -0.39 is 0 Å². The SMILES string of the molecule is COCCn1c(CCl)nnc1C1CCC2CCCCC2C1. The van der Waals surface area contributed by atoms with E-state index in [4.69, 9.17) is 16.3 Å². The Balaban J connectivity index is 1.75. The minimum atomic E-state index is 0.426. The first kappa shape index (κ1) is 15.3. The van der Waals surface area contributed by atoms with E-state index in [9.17, 15) is 0 Å². The van der Waals surface area contributed by atoms with Gasteiger partial charge in [-0.1, -0.05) is 25.7 Å². The third-order valence-corrected chi connectivity index (χ3v) is 5.64. The number of ether oxygens (including phenoxy) is 1. The lowest BCUT2D eigenvalue weighted by Gasteiger charge is -2.39. The predicted octanol–water partition coefficient (Wildman–Crippen LogP) is 3.74. The summed E-state index contributed by atoms with van der Waals surface area (Å²) < 4.78 is 7.42. The number of methoxy groups -OCH3 is 1. The van der Waals surface area contributed by atoms with Crippen LogP contribution < -0.4 is 0 Å². The Morgan fingerprint density at radius 2 is 1.95 bits per heavy atom. The lowest BCUT2D eigenvalue weighted by molar-refractivity contribution is 0.149. The molecule has 5 heteroatoms. The standard InChI is InChI=1S/C16H26ClN3O/c1-21-9-8-20-15(11-17)18-19-16(20)14-7-6-12-4-2-3-5-13(12)10-14/h12-14H,2-11H2,1H3. The van der Waals surface area contributed by atoms with Crippen LogP contribution in [0.4, 0.5) is 0 Å². The molecule has 4 nitrogen and oxygen atoms in total. The molecule has 2 fully saturated rings. The molecule has 3 unspecified atom stereocenters. The fourth-order valence-electron chi connectivity index (χ4n) is 4.28. The van der Waals surface area contributed by atoms with Crippen LogP contribution in [0, 0.1) is 11.8 Å². The Bertz CT molecular complexity index is 462. The number of fused-ring (bicyclic) bond motifs is 1. The van der Waals surface area contributed by atoms with E-state index in [1.807, 2.05) is 0 Å². The van der Waals surface area contributed by atoms with Crippen LogP contribution in [0.1, 0.15) is 62.5 Å². The van der Waals surface area contributed by atoms with Gasteiger partial charge >= 0.3 is 0 Å². The second kappa shape index (κ2) is 7.10. The molecule has 1 heterocycles. The van der Waals surface area contributed by atoms with E-state index in [1.54, 1.807) is 7.11 Å². The Hall–Kier alpha value is -0.610. The summed E-state index contributed by atoms with van der Waals surface area (Å²) in [5.74, 6) is 4.89. The third-order valence-electron chi connectivity index (χ3n) is 5.40. The second-order valence-electron chi connectivity index (χ2n) is 6.57. The summed E-state index contributed by atoms with van der Waals surface area (Å²) in [7, 11) is 1.73. The molecule has 2 aliphatic rings. The summed E-state index contributed by atoms with van der Waals surface area (Å²) in [6, 6.07) is 0. The molecule has 0 aliphatic heterocycles. The zero-order valence-electron chi connectivity index (χ0n) is 12.9. The monoisotopic (exact) mass is 311 g/mol. The summed E-state index contributed by atoms with van der Waals surface area (Å²) in [6.45, 7) is 1.50. The van der Waals surface area contributed by atoms with Crippen molar-refractivity contribution in [1.82, 2.24) is 14.8 Å². The normalized spacial score (nSPS) is 29.3. The van der Waals surface area contributed by atoms with Gasteiger partial charge in [-0.05, 0) is 31.1 Å². The van der Waals surface area contributed by atoms with E-state index in [1.165, 1.54) is 44.9 Å². The van der Waals surface area contributed by atoms with Gasteiger partial charge in [0.15, 0.2) is 0 Å². The van der Waals surface area contributed by atoms with E-state index in [0.717, 1.165) is 30.0 Å². The number of hydrogen-bond donors (Lipinski definition) is 0. The molecule has 0 aromatic carbocycles. The average Bonchev–Trinajstić information content (AvgIpc) is 2.95. The molecule has 1 aromatic rings. The molecule has 0 radical (unpaired) electrons. The number of rotatable bonds is 5. The minimum Gasteiger partial charge on any atom is -0.383 e. The topological polar surface area (TPSA) is 39.9 Å². The first-order valence-corrected chi connectivity index (χ1v) is 8.83. The number of hydrogen-bond acceptors (Lipinski definition) is 3. The summed E-state index contributed by atoms with van der Waals surface area (Å²) >= 11 is 6.01. The molecule has 3 rings (SSSR count). The lowest BCUT2D eigenvalue weighted by Crippen LogP contribution is -2.28. The molecule has 2 aliphatic carbocycles. The Morgan fingerprint density at radius 1 is 1.14 bits per heavy atom. The molecule has 0 N–H and O–H groups in total. The summed E-state index contributed by atoms with van der Waals surface area (Å²) in [5, 5.41) is 8.77. The van der Waals surface area contributed by atoms with Crippen LogP contribution in [0.2, 0.25) is 0 Å². The van der Waals surface area contributed by atoms with Gasteiger partial charge in [-0.15, -0.1) is 21.8 Å². The maximum absolute atomic E-state index is 6.01. The Labute approximate surface area is 132 Å². The smallest absolute Gasteiger partial charge is 0.148 e. The van der Waals surface area contributed by atoms with Crippen molar-refractivity contribution in [3.63, 3.8) is 0 Å². The Kier molecular flexibility index (Phi) is 5.17. The predicted molar refractivity (Wildman–Crippen MR) is 83.5 cm³/mol. The van der Waals surface area contributed by atoms with Gasteiger partial charge in [0, 0.05) is 19.6 Å². The van der Waals surface area contributed by atoms with Gasteiger partial charge in [0.05, 0.1) is 12.5 Å². The van der Waals surface area contributed by atoms with Crippen LogP contribution >= 0.6 is 11.6 Å². The van der Waals surface area contributed by atoms with E-state index in [2.05, 4.69) is 14.8 Å². The molecule has 0 saturated heterocycles. The van der Waals surface area contributed by atoms with Gasteiger partial charge in [0.1, 0.15) is 11.6 Å². The minimum absolute atomic E-state index is 0.426. The molecular weight excluding hydrogens is 286 g/mol. The first-order chi connectivity index (χ1) is 10.3. The van der Waals surface area contributed by atoms with Gasteiger partial charge in [-0.2, -0.15) is 0 Å². The van der Waals surface area contributed by atoms with Crippen molar-refractivity contribution in [3.05, 3.63) is 11.6 Å². The lowest BCUT2D eigenvalue weighted by atomic mass is 9.67. The molecule has 21 heavy (non-hydrogen) atoms. The fraction of sp³-hybridized carbons (Fsp3) is 0.875. The highest BCUT2D eigenvalue weighted by Crippen LogP contribution is 2.45. The van der Waals surface area contributed by atoms with Crippen molar-refractivity contribution in [2.24, 2.45) is 11.8 Å². The van der Waals surface area contributed by atoms with Crippen LogP contribution in [0.25, 0.3) is 0 Å². The van der Waals surface area contributed by atoms with Crippen molar-refractivity contribution in [1.29, 1.82) is 0 Å². The van der Waals surface area contributed by atoms with E-state index in [-0.39, 0.29) is 0 Å². The van der Waals surface area contributed by atoms with Crippen molar-refractivity contribution in [3.8, 4) is 0 Å². The molecule has 2 saturated carbocycles. The van der Waals surface area contributed by atoms with Crippen LogP contribution in [0.3, 0.4) is 0 Å².